The third-order valence-corrected chi connectivity index (χ3v) is 7.38. The smallest absolute Gasteiger partial charge is 0.337 e. The van der Waals surface area contributed by atoms with Gasteiger partial charge in [0, 0.05) is 5.56 Å². The average Bonchev–Trinajstić information content (AvgIpc) is 3.39. The monoisotopic (exact) mass is 436 g/mol. The summed E-state index contributed by atoms with van der Waals surface area (Å²) < 4.78 is 5.73. The topological polar surface area (TPSA) is 100 Å². The molecule has 0 unspecified atom stereocenters. The minimum Gasteiger partial charge on any atom is -0.478 e. The van der Waals surface area contributed by atoms with Crippen molar-refractivity contribution in [3.05, 3.63) is 58.8 Å². The highest BCUT2D eigenvalue weighted by Crippen LogP contribution is 2.65. The van der Waals surface area contributed by atoms with E-state index in [0.29, 0.717) is 28.9 Å². The summed E-state index contributed by atoms with van der Waals surface area (Å²) in [6.07, 6.45) is 6.70. The van der Waals surface area contributed by atoms with Gasteiger partial charge in [-0.05, 0) is 60.4 Å². The van der Waals surface area contributed by atoms with Gasteiger partial charge in [0.25, 0.3) is 11.8 Å². The van der Waals surface area contributed by atoms with Gasteiger partial charge in [-0.3, -0.25) is 9.59 Å². The number of halogens is 1. The number of carboxylic acid groups (broad SMARTS) is 1. The molecule has 6 atom stereocenters. The highest BCUT2D eigenvalue weighted by Gasteiger charge is 2.67. The predicted octanol–water partition coefficient (Wildman–Crippen LogP) is 3.69. The SMILES string of the molecule is O=C(O)c1cc(-c2ccc(/C=N/N3C(=O)[C@H]4[C@@H]5C=C[C@H]([C@H]6C[C@H]56)[C@@H]4C3=O)o2)ccc1Cl. The van der Waals surface area contributed by atoms with E-state index in [0.717, 1.165) is 11.4 Å². The van der Waals surface area contributed by atoms with Gasteiger partial charge in [0.05, 0.1) is 28.6 Å². The zero-order valence-electron chi connectivity index (χ0n) is 16.1. The van der Waals surface area contributed by atoms with Gasteiger partial charge in [0.1, 0.15) is 11.5 Å². The Kier molecular flexibility index (Phi) is 3.84. The molecule has 7 rings (SSSR count). The quantitative estimate of drug-likeness (QED) is 0.447. The largest absolute Gasteiger partial charge is 0.478 e. The van der Waals surface area contributed by atoms with Gasteiger partial charge in [-0.1, -0.05) is 23.8 Å². The number of rotatable bonds is 4. The summed E-state index contributed by atoms with van der Waals surface area (Å²) in [7, 11) is 0. The van der Waals surface area contributed by atoms with Crippen molar-refractivity contribution in [2.75, 3.05) is 0 Å². The van der Waals surface area contributed by atoms with Crippen LogP contribution in [0.2, 0.25) is 5.02 Å². The Morgan fingerprint density at radius 1 is 1.10 bits per heavy atom. The normalized spacial score (nSPS) is 32.6. The van der Waals surface area contributed by atoms with Crippen LogP contribution in [0.15, 0.2) is 52.0 Å². The van der Waals surface area contributed by atoms with E-state index >= 15 is 0 Å². The Bertz CT molecular complexity index is 1180. The molecular weight excluding hydrogens is 420 g/mol. The Morgan fingerprint density at radius 2 is 1.77 bits per heavy atom. The molecule has 2 amide bonds. The molecule has 4 aliphatic carbocycles. The fourth-order valence-electron chi connectivity index (χ4n) is 5.59. The molecule has 31 heavy (non-hydrogen) atoms. The highest BCUT2D eigenvalue weighted by molar-refractivity contribution is 6.33. The van der Waals surface area contributed by atoms with Gasteiger partial charge in [-0.2, -0.15) is 10.1 Å². The summed E-state index contributed by atoms with van der Waals surface area (Å²) in [5.74, 6) is -0.0124. The molecule has 0 spiro atoms. The van der Waals surface area contributed by atoms with E-state index in [4.69, 9.17) is 16.0 Å². The summed E-state index contributed by atoms with van der Waals surface area (Å²) in [4.78, 5) is 37.2. The number of hydrogen-bond donors (Lipinski definition) is 1. The van der Waals surface area contributed by atoms with Gasteiger partial charge in [-0.25, -0.2) is 4.79 Å². The first-order chi connectivity index (χ1) is 14.9. The lowest BCUT2D eigenvalue weighted by Crippen LogP contribution is -2.40. The third-order valence-electron chi connectivity index (χ3n) is 7.05. The van der Waals surface area contributed by atoms with E-state index in [9.17, 15) is 19.5 Å². The molecule has 5 aliphatic rings. The van der Waals surface area contributed by atoms with Gasteiger partial charge in [0.15, 0.2) is 0 Å². The van der Waals surface area contributed by atoms with Gasteiger partial charge in [-0.15, -0.1) is 0 Å². The van der Waals surface area contributed by atoms with Crippen LogP contribution >= 0.6 is 11.6 Å². The van der Waals surface area contributed by atoms with Crippen LogP contribution < -0.4 is 0 Å². The molecule has 1 aliphatic heterocycles. The van der Waals surface area contributed by atoms with Gasteiger partial charge < -0.3 is 9.52 Å². The maximum Gasteiger partial charge on any atom is 0.337 e. The summed E-state index contributed by atoms with van der Waals surface area (Å²) in [6, 6.07) is 7.89. The van der Waals surface area contributed by atoms with Crippen molar-refractivity contribution < 1.29 is 23.9 Å². The molecule has 156 valence electrons. The van der Waals surface area contributed by atoms with Crippen LogP contribution in [0.1, 0.15) is 22.5 Å². The molecule has 2 heterocycles. The lowest BCUT2D eigenvalue weighted by Gasteiger charge is -2.37. The minimum absolute atomic E-state index is 0.0251. The van der Waals surface area contributed by atoms with Gasteiger partial charge in [0.2, 0.25) is 0 Å². The van der Waals surface area contributed by atoms with Crippen LogP contribution in [0.5, 0.6) is 0 Å². The number of carboxylic acids is 1. The number of hydrazone groups is 1. The minimum atomic E-state index is -1.13. The predicted molar refractivity (Wildman–Crippen MR) is 110 cm³/mol. The number of hydrogen-bond acceptors (Lipinski definition) is 5. The summed E-state index contributed by atoms with van der Waals surface area (Å²) >= 11 is 5.92. The number of furan rings is 1. The van der Waals surface area contributed by atoms with Crippen LogP contribution in [-0.2, 0) is 9.59 Å². The van der Waals surface area contributed by atoms with E-state index in [-0.39, 0.29) is 46.1 Å². The van der Waals surface area contributed by atoms with Crippen LogP contribution in [0.25, 0.3) is 11.3 Å². The van der Waals surface area contributed by atoms with Gasteiger partial charge >= 0.3 is 5.97 Å². The number of nitrogens with zero attached hydrogens (tertiary/aromatic N) is 2. The van der Waals surface area contributed by atoms with E-state index in [1.54, 1.807) is 18.2 Å². The fourth-order valence-corrected chi connectivity index (χ4v) is 5.79. The molecule has 7 nitrogen and oxygen atoms in total. The number of imide groups is 1. The molecule has 8 heteroatoms. The molecule has 2 bridgehead atoms. The molecule has 0 radical (unpaired) electrons. The van der Waals surface area contributed by atoms with E-state index < -0.39 is 5.97 Å². The Morgan fingerprint density at radius 3 is 2.42 bits per heavy atom. The lowest BCUT2D eigenvalue weighted by atomic mass is 9.63. The number of carbonyl (C=O) groups is 3. The zero-order chi connectivity index (χ0) is 21.4. The second-order valence-corrected chi connectivity index (χ2v) is 9.00. The van der Waals surface area contributed by atoms with E-state index in [2.05, 4.69) is 17.3 Å². The lowest BCUT2D eigenvalue weighted by molar-refractivity contribution is -0.140. The van der Waals surface area contributed by atoms with Crippen LogP contribution in [-0.4, -0.2) is 34.1 Å². The molecule has 3 fully saturated rings. The van der Waals surface area contributed by atoms with Crippen molar-refractivity contribution >= 4 is 35.6 Å². The molecule has 2 saturated carbocycles. The first-order valence-corrected chi connectivity index (χ1v) is 10.5. The van der Waals surface area contributed by atoms with Crippen molar-refractivity contribution in [2.45, 2.75) is 6.42 Å². The Hall–Kier alpha value is -3.19. The van der Waals surface area contributed by atoms with Crippen molar-refractivity contribution in [3.8, 4) is 11.3 Å². The molecule has 2 aromatic rings. The van der Waals surface area contributed by atoms with Crippen molar-refractivity contribution in [3.63, 3.8) is 0 Å². The van der Waals surface area contributed by atoms with Crippen molar-refractivity contribution in [1.82, 2.24) is 5.01 Å². The zero-order valence-corrected chi connectivity index (χ0v) is 16.9. The van der Waals surface area contributed by atoms with Crippen molar-refractivity contribution in [1.29, 1.82) is 0 Å². The first kappa shape index (κ1) is 18.6. The number of benzene rings is 1. The standard InChI is InChI=1S/C23H17ClN2O5/c24-17-5-1-10(7-16(17)23(29)30)18-6-2-11(31-18)9-25-26-21(27)19-12-3-4-13(15-8-14(12)15)20(19)22(26)28/h1-7,9,12-15,19-20H,8H2,(H,29,30)/b25-9+/t12-,13-,14-,15-,19+,20+/m1/s1. The van der Waals surface area contributed by atoms with Crippen molar-refractivity contribution in [2.24, 2.45) is 40.6 Å². The summed E-state index contributed by atoms with van der Waals surface area (Å²) in [5, 5.41) is 14.5. The highest BCUT2D eigenvalue weighted by atomic mass is 35.5. The van der Waals surface area contributed by atoms with Crippen LogP contribution in [0.4, 0.5) is 0 Å². The average molecular weight is 437 g/mol. The number of aromatic carboxylic acids is 1. The maximum atomic E-state index is 12.9. The first-order valence-electron chi connectivity index (χ1n) is 10.2. The molecule has 1 saturated heterocycles. The Balaban J connectivity index is 1.24. The number of amides is 2. The molecule has 1 N–H and O–H groups in total. The van der Waals surface area contributed by atoms with Crippen LogP contribution in [0.3, 0.4) is 0 Å². The third kappa shape index (κ3) is 2.66. The maximum absolute atomic E-state index is 12.9. The number of allylic oxidation sites excluding steroid dienone is 2. The molecule has 1 aromatic heterocycles. The second-order valence-electron chi connectivity index (χ2n) is 8.59. The summed E-state index contributed by atoms with van der Waals surface area (Å²) in [6.45, 7) is 0. The molecular formula is C23H17ClN2O5. The molecule has 1 aromatic carbocycles. The fraction of sp³-hybridized carbons (Fsp3) is 0.304. The number of carbonyl (C=O) groups excluding carboxylic acids is 2. The second kappa shape index (κ2) is 6.40. The van der Waals surface area contributed by atoms with E-state index in [1.165, 1.54) is 18.3 Å². The van der Waals surface area contributed by atoms with Crippen LogP contribution in [0, 0.1) is 35.5 Å². The van der Waals surface area contributed by atoms with E-state index in [1.807, 2.05) is 0 Å². The Labute approximate surface area is 182 Å². The summed E-state index contributed by atoms with van der Waals surface area (Å²) in [5.41, 5.74) is 0.519.